The molecule has 0 aromatic rings. The van der Waals surface area contributed by atoms with Gasteiger partial charge in [0.1, 0.15) is 6.42 Å². The van der Waals surface area contributed by atoms with Crippen LogP contribution in [0.5, 0.6) is 0 Å². The Hall–Kier alpha value is -1.05. The maximum absolute atomic E-state index is 11.7. The monoisotopic (exact) mass is 258 g/mol. The molecule has 0 bridgehead atoms. The second-order valence-corrected chi connectivity index (χ2v) is 4.12. The summed E-state index contributed by atoms with van der Waals surface area (Å²) in [4.78, 5) is 26.4. The zero-order valence-corrected chi connectivity index (χ0v) is 11.0. The van der Waals surface area contributed by atoms with Gasteiger partial charge in [0.25, 0.3) is 0 Å². The molecule has 0 atom stereocenters. The lowest BCUT2D eigenvalue weighted by Crippen LogP contribution is -2.57. The standard InChI is InChI=1S/C10H18N4O2S/c1-11-3-5-13-8(15)7-9(16)14(10(13)17)6-4-12-2/h11-12H,3-7H2,1-2H3. The summed E-state index contributed by atoms with van der Waals surface area (Å²) >= 11 is 5.18. The van der Waals surface area contributed by atoms with Crippen molar-refractivity contribution in [1.29, 1.82) is 0 Å². The number of carbonyl (C=O) groups is 2. The Labute approximate surface area is 106 Å². The molecule has 96 valence electrons. The molecule has 0 aliphatic carbocycles. The molecule has 2 N–H and O–H groups in total. The maximum atomic E-state index is 11.7. The van der Waals surface area contributed by atoms with Gasteiger partial charge in [0, 0.05) is 26.2 Å². The second kappa shape index (κ2) is 6.63. The Balaban J connectivity index is 2.69. The quantitative estimate of drug-likeness (QED) is 0.461. The molecule has 6 nitrogen and oxygen atoms in total. The molecule has 0 saturated carbocycles. The fourth-order valence-electron chi connectivity index (χ4n) is 1.57. The van der Waals surface area contributed by atoms with Crippen molar-refractivity contribution in [1.82, 2.24) is 20.4 Å². The number of hydrogen-bond acceptors (Lipinski definition) is 5. The van der Waals surface area contributed by atoms with Crippen LogP contribution in [0.3, 0.4) is 0 Å². The zero-order valence-electron chi connectivity index (χ0n) is 10.2. The fourth-order valence-corrected chi connectivity index (χ4v) is 1.95. The van der Waals surface area contributed by atoms with Crippen molar-refractivity contribution in [3.05, 3.63) is 0 Å². The van der Waals surface area contributed by atoms with Crippen molar-refractivity contribution in [2.45, 2.75) is 6.42 Å². The third kappa shape index (κ3) is 3.45. The number of amides is 2. The van der Waals surface area contributed by atoms with Crippen molar-refractivity contribution in [2.24, 2.45) is 0 Å². The minimum absolute atomic E-state index is 0.0897. The molecule has 0 spiro atoms. The van der Waals surface area contributed by atoms with Crippen molar-refractivity contribution >= 4 is 29.1 Å². The average molecular weight is 258 g/mol. The molecule has 17 heavy (non-hydrogen) atoms. The molecule has 1 heterocycles. The average Bonchev–Trinajstić information content (AvgIpc) is 2.28. The number of likely N-dealkylation sites (N-methyl/N-ethyl adjacent to an activating group) is 2. The van der Waals surface area contributed by atoms with Crippen LogP contribution in [0.15, 0.2) is 0 Å². The van der Waals surface area contributed by atoms with Gasteiger partial charge in [-0.3, -0.25) is 19.4 Å². The van der Waals surface area contributed by atoms with Crippen LogP contribution in [0.2, 0.25) is 0 Å². The molecular formula is C10H18N4O2S. The SMILES string of the molecule is CNCCN1C(=O)CC(=O)N(CCNC)C1=S. The first-order valence-corrected chi connectivity index (χ1v) is 5.96. The zero-order chi connectivity index (χ0) is 12.8. The van der Waals surface area contributed by atoms with Crippen LogP contribution in [0.25, 0.3) is 0 Å². The Morgan fingerprint density at radius 3 is 1.82 bits per heavy atom. The largest absolute Gasteiger partial charge is 0.318 e. The van der Waals surface area contributed by atoms with Gasteiger partial charge in [-0.05, 0) is 26.3 Å². The van der Waals surface area contributed by atoms with Gasteiger partial charge in [-0.25, -0.2) is 0 Å². The van der Waals surface area contributed by atoms with Gasteiger partial charge >= 0.3 is 0 Å². The maximum Gasteiger partial charge on any atom is 0.238 e. The van der Waals surface area contributed by atoms with E-state index in [1.165, 1.54) is 9.80 Å². The fraction of sp³-hybridized carbons (Fsp3) is 0.700. The van der Waals surface area contributed by atoms with Gasteiger partial charge in [-0.1, -0.05) is 0 Å². The summed E-state index contributed by atoms with van der Waals surface area (Å²) in [6, 6.07) is 0. The van der Waals surface area contributed by atoms with Gasteiger partial charge < -0.3 is 10.6 Å². The molecule has 0 aromatic carbocycles. The summed E-state index contributed by atoms with van der Waals surface area (Å²) in [5.41, 5.74) is 0. The van der Waals surface area contributed by atoms with Gasteiger partial charge in [-0.2, -0.15) is 0 Å². The smallest absolute Gasteiger partial charge is 0.238 e. The van der Waals surface area contributed by atoms with E-state index in [1.807, 2.05) is 0 Å². The van der Waals surface area contributed by atoms with E-state index >= 15 is 0 Å². The van der Waals surface area contributed by atoms with Gasteiger partial charge in [0.15, 0.2) is 5.11 Å². The first kappa shape index (κ1) is 14.0. The molecule has 1 aliphatic heterocycles. The van der Waals surface area contributed by atoms with Crippen LogP contribution in [0, 0.1) is 0 Å². The van der Waals surface area contributed by atoms with Crippen molar-refractivity contribution in [2.75, 3.05) is 40.3 Å². The molecule has 1 saturated heterocycles. The first-order valence-electron chi connectivity index (χ1n) is 5.55. The van der Waals surface area contributed by atoms with E-state index in [4.69, 9.17) is 12.2 Å². The third-order valence-electron chi connectivity index (χ3n) is 2.54. The Morgan fingerprint density at radius 2 is 1.47 bits per heavy atom. The summed E-state index contributed by atoms with van der Waals surface area (Å²) in [5.74, 6) is -0.424. The Morgan fingerprint density at radius 1 is 1.06 bits per heavy atom. The van der Waals surface area contributed by atoms with Gasteiger partial charge in [-0.15, -0.1) is 0 Å². The van der Waals surface area contributed by atoms with E-state index in [2.05, 4.69) is 10.6 Å². The number of thiocarbonyl (C=S) groups is 1. The minimum Gasteiger partial charge on any atom is -0.318 e. The van der Waals surface area contributed by atoms with E-state index in [0.717, 1.165) is 0 Å². The molecule has 0 unspecified atom stereocenters. The number of nitrogens with one attached hydrogen (secondary N) is 2. The number of rotatable bonds is 6. The summed E-state index contributed by atoms with van der Waals surface area (Å²) in [7, 11) is 3.61. The van der Waals surface area contributed by atoms with E-state index in [0.29, 0.717) is 31.3 Å². The number of hydrogen-bond donors (Lipinski definition) is 2. The molecule has 0 aromatic heterocycles. The molecule has 1 rings (SSSR count). The number of nitrogens with zero attached hydrogens (tertiary/aromatic N) is 2. The van der Waals surface area contributed by atoms with Crippen LogP contribution < -0.4 is 10.6 Å². The van der Waals surface area contributed by atoms with Crippen LogP contribution >= 0.6 is 12.2 Å². The highest BCUT2D eigenvalue weighted by Crippen LogP contribution is 2.11. The highest BCUT2D eigenvalue weighted by atomic mass is 32.1. The molecule has 0 radical (unpaired) electrons. The first-order chi connectivity index (χ1) is 8.11. The highest BCUT2D eigenvalue weighted by Gasteiger charge is 2.33. The normalized spacial score (nSPS) is 16.9. The summed E-state index contributed by atoms with van der Waals surface area (Å²) in [5, 5.41) is 6.23. The Kier molecular flexibility index (Phi) is 5.46. The molecule has 7 heteroatoms. The lowest BCUT2D eigenvalue weighted by molar-refractivity contribution is -0.140. The minimum atomic E-state index is -0.212. The van der Waals surface area contributed by atoms with Crippen LogP contribution in [-0.2, 0) is 9.59 Å². The third-order valence-corrected chi connectivity index (χ3v) is 2.98. The molecular weight excluding hydrogens is 240 g/mol. The van der Waals surface area contributed by atoms with Crippen LogP contribution in [0.4, 0.5) is 0 Å². The topological polar surface area (TPSA) is 64.7 Å². The van der Waals surface area contributed by atoms with Gasteiger partial charge in [0.2, 0.25) is 11.8 Å². The molecule has 1 aliphatic rings. The molecule has 1 fully saturated rings. The van der Waals surface area contributed by atoms with E-state index in [9.17, 15) is 9.59 Å². The molecule has 2 amide bonds. The van der Waals surface area contributed by atoms with Crippen LogP contribution in [0.1, 0.15) is 6.42 Å². The summed E-state index contributed by atoms with van der Waals surface area (Å²) < 4.78 is 0. The van der Waals surface area contributed by atoms with E-state index in [-0.39, 0.29) is 18.2 Å². The van der Waals surface area contributed by atoms with Crippen molar-refractivity contribution in [3.63, 3.8) is 0 Å². The highest BCUT2D eigenvalue weighted by molar-refractivity contribution is 7.80. The van der Waals surface area contributed by atoms with Crippen LogP contribution in [-0.4, -0.2) is 67.0 Å². The lowest BCUT2D eigenvalue weighted by atomic mass is 10.2. The van der Waals surface area contributed by atoms with Crippen molar-refractivity contribution < 1.29 is 9.59 Å². The number of carbonyl (C=O) groups excluding carboxylic acids is 2. The predicted octanol–water partition coefficient (Wildman–Crippen LogP) is -1.23. The van der Waals surface area contributed by atoms with Crippen molar-refractivity contribution in [3.8, 4) is 0 Å². The summed E-state index contributed by atoms with van der Waals surface area (Å²) in [6.07, 6.45) is -0.0897. The summed E-state index contributed by atoms with van der Waals surface area (Å²) in [6.45, 7) is 2.30. The predicted molar refractivity (Wildman–Crippen MR) is 68.5 cm³/mol. The Bertz CT molecular complexity index is 293. The van der Waals surface area contributed by atoms with E-state index < -0.39 is 0 Å². The lowest BCUT2D eigenvalue weighted by Gasteiger charge is -2.35. The van der Waals surface area contributed by atoms with E-state index in [1.54, 1.807) is 14.1 Å². The van der Waals surface area contributed by atoms with Gasteiger partial charge in [0.05, 0.1) is 0 Å². The second-order valence-electron chi connectivity index (χ2n) is 3.76.